The van der Waals surface area contributed by atoms with Crippen LogP contribution in [-0.2, 0) is 49.7 Å². The number of ketones is 2. The van der Waals surface area contributed by atoms with E-state index in [1.807, 2.05) is 63.4 Å². The third-order valence-corrected chi connectivity index (χ3v) is 11.3. The van der Waals surface area contributed by atoms with Gasteiger partial charge in [-0.3, -0.25) is 38.4 Å². The summed E-state index contributed by atoms with van der Waals surface area (Å²) in [5, 5.41) is 11.6. The fraction of sp³-hybridized carbons (Fsp3) is 0.731. The summed E-state index contributed by atoms with van der Waals surface area (Å²) in [5.74, 6) is -0.938. The topological polar surface area (TPSA) is 210 Å². The Morgan fingerprint density at radius 3 is 1.30 bits per heavy atom. The number of esters is 1. The number of unbranched alkanes of at least 4 members (excludes halogenated alkanes) is 8. The van der Waals surface area contributed by atoms with Crippen molar-refractivity contribution in [2.24, 2.45) is 0 Å². The molecule has 0 aromatic heterocycles. The molecule has 0 saturated carbocycles. The summed E-state index contributed by atoms with van der Waals surface area (Å²) in [5.41, 5.74) is 0.950. The average molecular weight is 986 g/mol. The molecule has 18 heteroatoms. The van der Waals surface area contributed by atoms with Crippen molar-refractivity contribution < 1.29 is 43.1 Å². The molecular weight excluding hydrogens is 895 g/mol. The van der Waals surface area contributed by atoms with Gasteiger partial charge in [-0.2, -0.15) is 0 Å². The van der Waals surface area contributed by atoms with Gasteiger partial charge in [-0.15, -0.1) is 0 Å². The van der Waals surface area contributed by atoms with E-state index in [-0.39, 0.29) is 79.6 Å². The van der Waals surface area contributed by atoms with E-state index in [9.17, 15) is 38.4 Å². The number of nitrogens with zero attached hydrogens (tertiary/aromatic N) is 5. The van der Waals surface area contributed by atoms with E-state index in [1.165, 1.54) is 0 Å². The number of hydrogen-bond donors (Lipinski definition) is 4. The number of carbonyl (C=O) groups excluding carboxylic acids is 8. The monoisotopic (exact) mass is 986 g/mol. The highest BCUT2D eigenvalue weighted by Gasteiger charge is 2.23. The van der Waals surface area contributed by atoms with Crippen LogP contribution in [0.15, 0.2) is 30.3 Å². The van der Waals surface area contributed by atoms with E-state index in [0.717, 1.165) is 31.2 Å². The third-order valence-electron chi connectivity index (χ3n) is 11.3. The van der Waals surface area contributed by atoms with Crippen LogP contribution in [-0.4, -0.2) is 192 Å². The Balaban J connectivity index is 2.85. The molecule has 0 bridgehead atoms. The van der Waals surface area contributed by atoms with Crippen LogP contribution in [0.5, 0.6) is 0 Å². The van der Waals surface area contributed by atoms with E-state index in [0.29, 0.717) is 123 Å². The molecule has 0 aliphatic carbocycles. The van der Waals surface area contributed by atoms with Crippen molar-refractivity contribution in [3.63, 3.8) is 0 Å². The van der Waals surface area contributed by atoms with Crippen LogP contribution in [0.3, 0.4) is 0 Å². The minimum atomic E-state index is -0.648. The maximum atomic E-state index is 13.7. The molecule has 0 unspecified atom stereocenters. The number of benzene rings is 1. The van der Waals surface area contributed by atoms with Crippen LogP contribution in [0.25, 0.3) is 0 Å². The van der Waals surface area contributed by atoms with E-state index < -0.39 is 12.1 Å². The lowest BCUT2D eigenvalue weighted by Gasteiger charge is -2.24. The summed E-state index contributed by atoms with van der Waals surface area (Å²) in [6.07, 6.45) is 11.0. The largest absolute Gasteiger partial charge is 0.461 e. The first-order chi connectivity index (χ1) is 33.4. The predicted molar refractivity (Wildman–Crippen MR) is 275 cm³/mol. The first-order valence-electron chi connectivity index (χ1n) is 25.6. The molecule has 0 radical (unpaired) electrons. The normalized spacial score (nSPS) is 12.2. The molecule has 0 aliphatic heterocycles. The van der Waals surface area contributed by atoms with Crippen molar-refractivity contribution in [3.8, 4) is 0 Å². The number of rotatable bonds is 42. The van der Waals surface area contributed by atoms with Gasteiger partial charge in [-0.25, -0.2) is 0 Å². The first-order valence-corrected chi connectivity index (χ1v) is 25.6. The Morgan fingerprint density at radius 1 is 0.457 bits per heavy atom. The van der Waals surface area contributed by atoms with Gasteiger partial charge in [-0.1, -0.05) is 49.6 Å². The van der Waals surface area contributed by atoms with Gasteiger partial charge in [0.2, 0.25) is 29.5 Å². The lowest BCUT2D eigenvalue weighted by Crippen LogP contribution is -2.44. The molecule has 2 atom stereocenters. The number of Topliss-reactive ketones (excluding diaryl/α,β-unsaturated/α-hetero) is 2. The van der Waals surface area contributed by atoms with Crippen LogP contribution < -0.4 is 21.3 Å². The summed E-state index contributed by atoms with van der Waals surface area (Å²) >= 11 is 0. The minimum absolute atomic E-state index is 0.0140. The molecule has 0 fully saturated rings. The number of ether oxygens (including phenoxy) is 1. The zero-order valence-electron chi connectivity index (χ0n) is 44.3. The zero-order valence-corrected chi connectivity index (χ0v) is 44.3. The molecule has 1 aromatic carbocycles. The number of likely N-dealkylation sites (N-methyl/N-ethyl adjacent to an activating group) is 4. The fourth-order valence-corrected chi connectivity index (χ4v) is 7.73. The molecule has 1 aromatic rings. The Bertz CT molecular complexity index is 1600. The molecule has 70 heavy (non-hydrogen) atoms. The lowest BCUT2D eigenvalue weighted by atomic mass is 10.00. The molecule has 0 saturated heterocycles. The third kappa shape index (κ3) is 34.5. The number of nitrogens with one attached hydrogen (secondary N) is 4. The minimum Gasteiger partial charge on any atom is -0.461 e. The zero-order chi connectivity index (χ0) is 52.1. The van der Waals surface area contributed by atoms with Crippen LogP contribution in [0.2, 0.25) is 0 Å². The van der Waals surface area contributed by atoms with E-state index >= 15 is 0 Å². The Labute approximate surface area is 420 Å². The summed E-state index contributed by atoms with van der Waals surface area (Å²) < 4.78 is 5.39. The van der Waals surface area contributed by atoms with Crippen molar-refractivity contribution in [1.82, 2.24) is 45.8 Å². The molecular formula is C52H91N9O9. The Kier molecular flexibility index (Phi) is 35.1. The molecule has 0 spiro atoms. The fourth-order valence-electron chi connectivity index (χ4n) is 7.73. The SMILES string of the molecule is CN(C)CC(=O)NCCCC[C@H](NC(=O)CN(C)C)C(=O)CCCCN(CCCCC(=O)[C@H](CCCCNC(=O)CN(C)C)NC(=O)CN(C)C)C(=O)CCCCCCCC(=O)OCc1ccccc1. The van der Waals surface area contributed by atoms with Gasteiger partial charge in [0.1, 0.15) is 6.61 Å². The number of amides is 5. The summed E-state index contributed by atoms with van der Waals surface area (Å²) in [6, 6.07) is 8.28. The molecule has 1 rings (SSSR count). The van der Waals surface area contributed by atoms with Crippen LogP contribution in [0.1, 0.15) is 128 Å². The van der Waals surface area contributed by atoms with Gasteiger partial charge in [0.05, 0.1) is 38.3 Å². The standard InChI is InChI=1S/C52H91N9O9/c1-57(2)37-47(64)53-33-21-17-27-43(55-49(66)39-59(5)6)45(62)29-19-23-35-61(51(68)31-15-10-9-11-16-32-52(69)70-41-42-25-13-12-14-26-42)36-24-20-30-46(63)44(56-50(67)40-60(7)8)28-18-22-34-54-48(65)38-58(3)4/h12-14,25-26,43-44H,9-11,15-24,27-41H2,1-8H3,(H,53,64)(H,54,65)(H,55,66)(H,56,67)/t43-,44-/m0/s1. The second-order valence-corrected chi connectivity index (χ2v) is 19.5. The van der Waals surface area contributed by atoms with E-state index in [4.69, 9.17) is 4.74 Å². The molecule has 18 nitrogen and oxygen atoms in total. The molecule has 398 valence electrons. The van der Waals surface area contributed by atoms with Gasteiger partial charge < -0.3 is 50.5 Å². The average Bonchev–Trinajstić information content (AvgIpc) is 3.28. The van der Waals surface area contributed by atoms with Gasteiger partial charge >= 0.3 is 5.97 Å². The molecule has 4 N–H and O–H groups in total. The van der Waals surface area contributed by atoms with E-state index in [1.54, 1.807) is 47.8 Å². The van der Waals surface area contributed by atoms with Crippen molar-refractivity contribution in [3.05, 3.63) is 35.9 Å². The van der Waals surface area contributed by atoms with Gasteiger partial charge in [-0.05, 0) is 139 Å². The molecule has 5 amide bonds. The smallest absolute Gasteiger partial charge is 0.306 e. The Hall–Kier alpha value is -4.78. The van der Waals surface area contributed by atoms with Crippen LogP contribution in [0, 0.1) is 0 Å². The number of carbonyl (C=O) groups is 8. The predicted octanol–water partition coefficient (Wildman–Crippen LogP) is 3.56. The lowest BCUT2D eigenvalue weighted by molar-refractivity contribution is -0.145. The first kappa shape index (κ1) is 63.2. The highest BCUT2D eigenvalue weighted by Crippen LogP contribution is 2.14. The highest BCUT2D eigenvalue weighted by molar-refractivity contribution is 5.90. The Morgan fingerprint density at radius 2 is 0.857 bits per heavy atom. The maximum Gasteiger partial charge on any atom is 0.306 e. The highest BCUT2D eigenvalue weighted by atomic mass is 16.5. The van der Waals surface area contributed by atoms with Crippen LogP contribution >= 0.6 is 0 Å². The number of hydrogen-bond acceptors (Lipinski definition) is 13. The van der Waals surface area contributed by atoms with E-state index in [2.05, 4.69) is 21.3 Å². The van der Waals surface area contributed by atoms with Crippen molar-refractivity contribution in [2.45, 2.75) is 141 Å². The summed E-state index contributed by atoms with van der Waals surface area (Å²) in [4.78, 5) is 111. The maximum absolute atomic E-state index is 13.7. The van der Waals surface area contributed by atoms with Gasteiger partial charge in [0.15, 0.2) is 11.6 Å². The second-order valence-electron chi connectivity index (χ2n) is 19.5. The van der Waals surface area contributed by atoms with Crippen molar-refractivity contribution in [1.29, 1.82) is 0 Å². The second kappa shape index (κ2) is 38.9. The molecule has 0 aliphatic rings. The molecule has 0 heterocycles. The summed E-state index contributed by atoms with van der Waals surface area (Å²) in [6.45, 7) is 3.02. The summed E-state index contributed by atoms with van der Waals surface area (Å²) in [7, 11) is 14.5. The van der Waals surface area contributed by atoms with Gasteiger partial charge in [0.25, 0.3) is 0 Å². The van der Waals surface area contributed by atoms with Crippen LogP contribution in [0.4, 0.5) is 0 Å². The van der Waals surface area contributed by atoms with Gasteiger partial charge in [0, 0.05) is 51.9 Å². The van der Waals surface area contributed by atoms with Crippen molar-refractivity contribution in [2.75, 3.05) is 109 Å². The van der Waals surface area contributed by atoms with Crippen molar-refractivity contribution >= 4 is 47.1 Å². The quantitative estimate of drug-likeness (QED) is 0.0547.